The fourth-order valence-corrected chi connectivity index (χ4v) is 4.16. The van der Waals surface area contributed by atoms with Crippen LogP contribution in [0.5, 0.6) is 5.75 Å². The SMILES string of the molecule is CCCOc1ccc(S(=O)(=O)N2CCN(CC)CC2)cc1C(=O)OC. The smallest absolute Gasteiger partial charge is 0.341 e. The summed E-state index contributed by atoms with van der Waals surface area (Å²) in [4.78, 5) is 14.3. The number of piperazine rings is 1. The van der Waals surface area contributed by atoms with Gasteiger partial charge in [0.25, 0.3) is 0 Å². The molecule has 140 valence electrons. The third-order valence-corrected chi connectivity index (χ3v) is 6.13. The van der Waals surface area contributed by atoms with E-state index < -0.39 is 16.0 Å². The highest BCUT2D eigenvalue weighted by Gasteiger charge is 2.29. The van der Waals surface area contributed by atoms with Gasteiger partial charge < -0.3 is 14.4 Å². The standard InChI is InChI=1S/C17H26N2O5S/c1-4-12-24-16-7-6-14(13-15(16)17(20)23-3)25(21,22)19-10-8-18(5-2)9-11-19/h6-7,13H,4-5,8-12H2,1-3H3. The van der Waals surface area contributed by atoms with Crippen LogP contribution in [0.1, 0.15) is 30.6 Å². The van der Waals surface area contributed by atoms with Gasteiger partial charge in [0.1, 0.15) is 11.3 Å². The highest BCUT2D eigenvalue weighted by molar-refractivity contribution is 7.89. The lowest BCUT2D eigenvalue weighted by molar-refractivity contribution is 0.0595. The summed E-state index contributed by atoms with van der Waals surface area (Å²) in [5.41, 5.74) is 0.129. The number of rotatable bonds is 7. The monoisotopic (exact) mass is 370 g/mol. The predicted molar refractivity (Wildman–Crippen MR) is 94.4 cm³/mol. The van der Waals surface area contributed by atoms with Gasteiger partial charge in [0.15, 0.2) is 0 Å². The van der Waals surface area contributed by atoms with Crippen molar-refractivity contribution in [2.75, 3.05) is 46.4 Å². The maximum atomic E-state index is 12.9. The predicted octanol–water partition coefficient (Wildman–Crippen LogP) is 1.59. The molecular weight excluding hydrogens is 344 g/mol. The number of methoxy groups -OCH3 is 1. The Bertz CT molecular complexity index is 697. The summed E-state index contributed by atoms with van der Waals surface area (Å²) in [7, 11) is -2.39. The van der Waals surface area contributed by atoms with E-state index in [4.69, 9.17) is 9.47 Å². The molecule has 0 aliphatic carbocycles. The minimum absolute atomic E-state index is 0.0849. The van der Waals surface area contributed by atoms with E-state index in [0.717, 1.165) is 13.0 Å². The van der Waals surface area contributed by atoms with E-state index in [1.807, 2.05) is 6.92 Å². The second-order valence-corrected chi connectivity index (χ2v) is 7.77. The molecule has 0 bridgehead atoms. The normalized spacial score (nSPS) is 16.6. The molecule has 1 aliphatic rings. The Hall–Kier alpha value is -1.64. The first-order chi connectivity index (χ1) is 11.9. The lowest BCUT2D eigenvalue weighted by Gasteiger charge is -2.33. The third kappa shape index (κ3) is 4.50. The summed E-state index contributed by atoms with van der Waals surface area (Å²) >= 11 is 0. The molecule has 8 heteroatoms. The summed E-state index contributed by atoms with van der Waals surface area (Å²) < 4.78 is 37.5. The van der Waals surface area contributed by atoms with Crippen LogP contribution in [-0.4, -0.2) is 70.0 Å². The molecule has 0 atom stereocenters. The van der Waals surface area contributed by atoms with E-state index in [0.29, 0.717) is 38.5 Å². The van der Waals surface area contributed by atoms with Crippen LogP contribution in [0.2, 0.25) is 0 Å². The van der Waals surface area contributed by atoms with Crippen molar-refractivity contribution in [1.82, 2.24) is 9.21 Å². The average molecular weight is 370 g/mol. The Morgan fingerprint density at radius 2 is 1.84 bits per heavy atom. The zero-order valence-electron chi connectivity index (χ0n) is 15.0. The molecule has 1 aliphatic heterocycles. The van der Waals surface area contributed by atoms with Gasteiger partial charge in [0, 0.05) is 26.2 Å². The number of hydrogen-bond donors (Lipinski definition) is 0. The minimum atomic E-state index is -3.65. The second kappa shape index (κ2) is 8.64. The minimum Gasteiger partial charge on any atom is -0.493 e. The van der Waals surface area contributed by atoms with Crippen molar-refractivity contribution in [2.24, 2.45) is 0 Å². The summed E-state index contributed by atoms with van der Waals surface area (Å²) in [5.74, 6) is -0.276. The Morgan fingerprint density at radius 1 is 1.16 bits per heavy atom. The lowest BCUT2D eigenvalue weighted by Crippen LogP contribution is -2.48. The largest absolute Gasteiger partial charge is 0.493 e. The molecule has 0 amide bonds. The van der Waals surface area contributed by atoms with Crippen molar-refractivity contribution in [1.29, 1.82) is 0 Å². The highest BCUT2D eigenvalue weighted by Crippen LogP contribution is 2.26. The zero-order chi connectivity index (χ0) is 18.4. The van der Waals surface area contributed by atoms with Crippen LogP contribution in [0.4, 0.5) is 0 Å². The Balaban J connectivity index is 2.30. The molecule has 1 saturated heterocycles. The fourth-order valence-electron chi connectivity index (χ4n) is 2.71. The quantitative estimate of drug-likeness (QED) is 0.679. The van der Waals surface area contributed by atoms with Crippen molar-refractivity contribution in [3.05, 3.63) is 23.8 Å². The van der Waals surface area contributed by atoms with Crippen LogP contribution in [0.3, 0.4) is 0 Å². The first-order valence-corrected chi connectivity index (χ1v) is 9.95. The van der Waals surface area contributed by atoms with E-state index in [9.17, 15) is 13.2 Å². The van der Waals surface area contributed by atoms with Crippen LogP contribution in [-0.2, 0) is 14.8 Å². The number of sulfonamides is 1. The molecule has 0 aromatic heterocycles. The van der Waals surface area contributed by atoms with Crippen LogP contribution in [0, 0.1) is 0 Å². The first kappa shape index (κ1) is 19.7. The van der Waals surface area contributed by atoms with E-state index in [1.165, 1.54) is 29.6 Å². The summed E-state index contributed by atoms with van der Waals surface area (Å²) in [6, 6.07) is 4.36. The second-order valence-electron chi connectivity index (χ2n) is 5.84. The number of benzene rings is 1. The molecule has 0 N–H and O–H groups in total. The number of likely N-dealkylation sites (N-methyl/N-ethyl adjacent to an activating group) is 1. The Kier molecular flexibility index (Phi) is 6.80. The number of nitrogens with zero attached hydrogens (tertiary/aromatic N) is 2. The summed E-state index contributed by atoms with van der Waals surface area (Å²) in [5, 5.41) is 0. The molecule has 1 heterocycles. The van der Waals surface area contributed by atoms with Crippen LogP contribution >= 0.6 is 0 Å². The maximum Gasteiger partial charge on any atom is 0.341 e. The van der Waals surface area contributed by atoms with Gasteiger partial charge in [-0.15, -0.1) is 0 Å². The van der Waals surface area contributed by atoms with E-state index >= 15 is 0 Å². The summed E-state index contributed by atoms with van der Waals surface area (Å²) in [6.07, 6.45) is 0.780. The van der Waals surface area contributed by atoms with Crippen LogP contribution in [0.25, 0.3) is 0 Å². The molecule has 0 unspecified atom stereocenters. The Labute approximate surface area is 149 Å². The van der Waals surface area contributed by atoms with E-state index in [-0.39, 0.29) is 10.5 Å². The summed E-state index contributed by atoms with van der Waals surface area (Å²) in [6.45, 7) is 7.65. The fraction of sp³-hybridized carbons (Fsp3) is 0.588. The molecule has 7 nitrogen and oxygen atoms in total. The molecule has 25 heavy (non-hydrogen) atoms. The van der Waals surface area contributed by atoms with Crippen molar-refractivity contribution in [2.45, 2.75) is 25.2 Å². The number of hydrogen-bond acceptors (Lipinski definition) is 6. The van der Waals surface area contributed by atoms with Gasteiger partial charge >= 0.3 is 5.97 Å². The van der Waals surface area contributed by atoms with Gasteiger partial charge in [-0.2, -0.15) is 4.31 Å². The number of ether oxygens (including phenoxy) is 2. The molecule has 0 spiro atoms. The molecule has 1 fully saturated rings. The van der Waals surface area contributed by atoms with Gasteiger partial charge in [-0.1, -0.05) is 13.8 Å². The van der Waals surface area contributed by atoms with Crippen molar-refractivity contribution in [3.8, 4) is 5.75 Å². The van der Waals surface area contributed by atoms with Crippen LogP contribution in [0.15, 0.2) is 23.1 Å². The average Bonchev–Trinajstić information content (AvgIpc) is 2.65. The maximum absolute atomic E-state index is 12.9. The van der Waals surface area contributed by atoms with Gasteiger partial charge in [-0.25, -0.2) is 13.2 Å². The zero-order valence-corrected chi connectivity index (χ0v) is 15.8. The van der Waals surface area contributed by atoms with Gasteiger partial charge in [0.05, 0.1) is 18.6 Å². The molecule has 0 saturated carbocycles. The van der Waals surface area contributed by atoms with E-state index in [1.54, 1.807) is 0 Å². The van der Waals surface area contributed by atoms with Crippen molar-refractivity contribution >= 4 is 16.0 Å². The van der Waals surface area contributed by atoms with Crippen LogP contribution < -0.4 is 4.74 Å². The molecule has 0 radical (unpaired) electrons. The molecular formula is C17H26N2O5S. The topological polar surface area (TPSA) is 76.2 Å². The van der Waals surface area contributed by atoms with Gasteiger partial charge in [0.2, 0.25) is 10.0 Å². The highest BCUT2D eigenvalue weighted by atomic mass is 32.2. The van der Waals surface area contributed by atoms with Gasteiger partial charge in [-0.05, 0) is 31.2 Å². The molecule has 1 aromatic carbocycles. The Morgan fingerprint density at radius 3 is 2.40 bits per heavy atom. The lowest BCUT2D eigenvalue weighted by atomic mass is 10.2. The van der Waals surface area contributed by atoms with Gasteiger partial charge in [-0.3, -0.25) is 0 Å². The van der Waals surface area contributed by atoms with E-state index in [2.05, 4.69) is 11.8 Å². The number of carbonyl (C=O) groups excluding carboxylic acids is 1. The first-order valence-electron chi connectivity index (χ1n) is 8.51. The number of carbonyl (C=O) groups is 1. The molecule has 1 aromatic rings. The van der Waals surface area contributed by atoms with Crippen molar-refractivity contribution in [3.63, 3.8) is 0 Å². The number of esters is 1. The molecule has 2 rings (SSSR count). The van der Waals surface area contributed by atoms with Crippen molar-refractivity contribution < 1.29 is 22.7 Å². The third-order valence-electron chi connectivity index (χ3n) is 4.23.